The maximum Gasteiger partial charge on any atom is 0.323 e. The molecular weight excluding hydrogens is 230 g/mol. The molecule has 96 valence electrons. The Bertz CT molecular complexity index is 637. The molecule has 0 atom stereocenters. The van der Waals surface area contributed by atoms with Gasteiger partial charge in [-0.25, -0.2) is 4.79 Å². The van der Waals surface area contributed by atoms with E-state index in [4.69, 9.17) is 0 Å². The minimum Gasteiger partial charge on any atom is -0.319 e. The fourth-order valence-corrected chi connectivity index (χ4v) is 2.09. The first-order chi connectivity index (χ1) is 8.44. The van der Waals surface area contributed by atoms with Gasteiger partial charge in [0, 0.05) is 17.5 Å². The number of carbonyl (C=O) groups excluding carboxylic acids is 1. The molecule has 0 bridgehead atoms. The van der Waals surface area contributed by atoms with E-state index in [0.29, 0.717) is 23.1 Å². The minimum absolute atomic E-state index is 0.0563. The number of aromatic nitrogens is 2. The molecular formula is C13H17N3O2. The number of hydrogen-bond donors (Lipinski definition) is 3. The smallest absolute Gasteiger partial charge is 0.319 e. The molecule has 18 heavy (non-hydrogen) atoms. The van der Waals surface area contributed by atoms with E-state index in [0.717, 1.165) is 0 Å². The van der Waals surface area contributed by atoms with E-state index in [2.05, 4.69) is 15.3 Å². The summed E-state index contributed by atoms with van der Waals surface area (Å²) in [6.45, 7) is 4.40. The molecule has 0 fully saturated rings. The van der Waals surface area contributed by atoms with Gasteiger partial charge in [0.2, 0.25) is 0 Å². The molecule has 0 aliphatic carbocycles. The Labute approximate surface area is 105 Å². The minimum atomic E-state index is -0.473. The standard InChI is InChI=1S/C13H17N3O2/c1-13(2,7-14-3)11(17)8-4-5-9-10(6-8)16-12(18)15-9/h4-6,14H,7H2,1-3H3,(H2,15,16,18). The van der Waals surface area contributed by atoms with Crippen LogP contribution in [-0.2, 0) is 0 Å². The Morgan fingerprint density at radius 2 is 1.94 bits per heavy atom. The molecule has 0 radical (unpaired) electrons. The number of fused-ring (bicyclic) bond motifs is 1. The predicted octanol–water partition coefficient (Wildman–Crippen LogP) is 1.28. The van der Waals surface area contributed by atoms with Crippen molar-refractivity contribution < 1.29 is 4.79 Å². The van der Waals surface area contributed by atoms with Crippen LogP contribution >= 0.6 is 0 Å². The number of ketones is 1. The molecule has 3 N–H and O–H groups in total. The highest BCUT2D eigenvalue weighted by atomic mass is 16.1. The summed E-state index contributed by atoms with van der Waals surface area (Å²) < 4.78 is 0. The number of rotatable bonds is 4. The quantitative estimate of drug-likeness (QED) is 0.712. The molecule has 0 aliphatic rings. The summed E-state index contributed by atoms with van der Waals surface area (Å²) >= 11 is 0. The summed E-state index contributed by atoms with van der Waals surface area (Å²) in [6, 6.07) is 5.20. The van der Waals surface area contributed by atoms with Crippen LogP contribution in [0.25, 0.3) is 11.0 Å². The molecule has 0 aliphatic heterocycles. The average Bonchev–Trinajstić information content (AvgIpc) is 2.66. The van der Waals surface area contributed by atoms with Gasteiger partial charge in [-0.05, 0) is 25.2 Å². The van der Waals surface area contributed by atoms with Crippen molar-refractivity contribution in [3.63, 3.8) is 0 Å². The molecule has 1 aromatic carbocycles. The average molecular weight is 247 g/mol. The Morgan fingerprint density at radius 3 is 2.61 bits per heavy atom. The molecule has 1 aromatic heterocycles. The molecule has 1 heterocycles. The van der Waals surface area contributed by atoms with E-state index in [9.17, 15) is 9.59 Å². The van der Waals surface area contributed by atoms with Crippen LogP contribution in [-0.4, -0.2) is 29.3 Å². The van der Waals surface area contributed by atoms with Crippen LogP contribution in [0, 0.1) is 5.41 Å². The zero-order valence-electron chi connectivity index (χ0n) is 10.8. The highest BCUT2D eigenvalue weighted by Crippen LogP contribution is 2.22. The lowest BCUT2D eigenvalue weighted by Crippen LogP contribution is -2.34. The van der Waals surface area contributed by atoms with Gasteiger partial charge in [-0.2, -0.15) is 0 Å². The monoisotopic (exact) mass is 247 g/mol. The van der Waals surface area contributed by atoms with Gasteiger partial charge in [0.1, 0.15) is 0 Å². The number of nitrogens with one attached hydrogen (secondary N) is 3. The van der Waals surface area contributed by atoms with E-state index in [1.807, 2.05) is 20.9 Å². The van der Waals surface area contributed by atoms with Gasteiger partial charge < -0.3 is 15.3 Å². The van der Waals surface area contributed by atoms with Crippen LogP contribution in [0.5, 0.6) is 0 Å². The number of aromatic amines is 2. The molecule has 2 rings (SSSR count). The summed E-state index contributed by atoms with van der Waals surface area (Å²) in [6.07, 6.45) is 0. The first-order valence-electron chi connectivity index (χ1n) is 5.85. The normalized spacial score (nSPS) is 11.9. The van der Waals surface area contributed by atoms with Gasteiger partial charge in [0.15, 0.2) is 5.78 Å². The maximum atomic E-state index is 12.4. The zero-order valence-corrected chi connectivity index (χ0v) is 10.8. The fourth-order valence-electron chi connectivity index (χ4n) is 2.09. The fraction of sp³-hybridized carbons (Fsp3) is 0.385. The van der Waals surface area contributed by atoms with Gasteiger partial charge in [-0.15, -0.1) is 0 Å². The molecule has 0 saturated carbocycles. The zero-order chi connectivity index (χ0) is 13.3. The van der Waals surface area contributed by atoms with E-state index in [1.54, 1.807) is 18.2 Å². The Morgan fingerprint density at radius 1 is 1.28 bits per heavy atom. The molecule has 0 unspecified atom stereocenters. The second-order valence-corrected chi connectivity index (χ2v) is 5.08. The molecule has 5 nitrogen and oxygen atoms in total. The summed E-state index contributed by atoms with van der Waals surface area (Å²) in [4.78, 5) is 28.8. The molecule has 0 amide bonds. The van der Waals surface area contributed by atoms with Crippen molar-refractivity contribution in [3.05, 3.63) is 34.2 Å². The van der Waals surface area contributed by atoms with Gasteiger partial charge >= 0.3 is 5.69 Å². The Kier molecular flexibility index (Phi) is 3.09. The van der Waals surface area contributed by atoms with Crippen LogP contribution in [0.3, 0.4) is 0 Å². The summed E-state index contributed by atoms with van der Waals surface area (Å²) in [5, 5.41) is 3.02. The molecule has 5 heteroatoms. The number of Topliss-reactive ketones (excluding diaryl/α,β-unsaturated/α-hetero) is 1. The Balaban J connectivity index is 2.41. The first-order valence-corrected chi connectivity index (χ1v) is 5.85. The largest absolute Gasteiger partial charge is 0.323 e. The molecule has 0 spiro atoms. The summed E-state index contributed by atoms with van der Waals surface area (Å²) in [5.74, 6) is 0.0563. The van der Waals surface area contributed by atoms with Crippen LogP contribution < -0.4 is 11.0 Å². The van der Waals surface area contributed by atoms with E-state index in [-0.39, 0.29) is 11.5 Å². The van der Waals surface area contributed by atoms with E-state index >= 15 is 0 Å². The lowest BCUT2D eigenvalue weighted by Gasteiger charge is -2.22. The predicted molar refractivity (Wildman–Crippen MR) is 71.0 cm³/mol. The third-order valence-electron chi connectivity index (χ3n) is 3.01. The highest BCUT2D eigenvalue weighted by molar-refractivity contribution is 6.02. The first kappa shape index (κ1) is 12.6. The van der Waals surface area contributed by atoms with Crippen molar-refractivity contribution >= 4 is 16.8 Å². The van der Waals surface area contributed by atoms with Crippen LogP contribution in [0.15, 0.2) is 23.0 Å². The van der Waals surface area contributed by atoms with Crippen LogP contribution in [0.1, 0.15) is 24.2 Å². The van der Waals surface area contributed by atoms with Crippen molar-refractivity contribution in [3.8, 4) is 0 Å². The lowest BCUT2D eigenvalue weighted by atomic mass is 9.84. The summed E-state index contributed by atoms with van der Waals surface area (Å²) in [5.41, 5.74) is 1.25. The third-order valence-corrected chi connectivity index (χ3v) is 3.01. The Hall–Kier alpha value is -1.88. The number of carbonyl (C=O) groups is 1. The SMILES string of the molecule is CNCC(C)(C)C(=O)c1ccc2[nH]c(=O)[nH]c2c1. The second kappa shape index (κ2) is 4.42. The highest BCUT2D eigenvalue weighted by Gasteiger charge is 2.27. The molecule has 0 saturated heterocycles. The van der Waals surface area contributed by atoms with Gasteiger partial charge in [0.25, 0.3) is 0 Å². The van der Waals surface area contributed by atoms with Crippen molar-refractivity contribution in [2.24, 2.45) is 5.41 Å². The number of hydrogen-bond acceptors (Lipinski definition) is 3. The van der Waals surface area contributed by atoms with E-state index < -0.39 is 5.41 Å². The third kappa shape index (κ3) is 2.22. The van der Waals surface area contributed by atoms with Gasteiger partial charge in [-0.3, -0.25) is 4.79 Å². The van der Waals surface area contributed by atoms with Crippen molar-refractivity contribution in [2.45, 2.75) is 13.8 Å². The van der Waals surface area contributed by atoms with Gasteiger partial charge in [-0.1, -0.05) is 13.8 Å². The van der Waals surface area contributed by atoms with Crippen LogP contribution in [0.2, 0.25) is 0 Å². The number of imidazole rings is 1. The lowest BCUT2D eigenvalue weighted by molar-refractivity contribution is 0.0839. The molecule has 2 aromatic rings. The second-order valence-electron chi connectivity index (χ2n) is 5.08. The number of H-pyrrole nitrogens is 2. The summed E-state index contributed by atoms with van der Waals surface area (Å²) in [7, 11) is 1.82. The van der Waals surface area contributed by atoms with Crippen molar-refractivity contribution in [2.75, 3.05) is 13.6 Å². The van der Waals surface area contributed by atoms with Crippen LogP contribution in [0.4, 0.5) is 0 Å². The topological polar surface area (TPSA) is 77.8 Å². The van der Waals surface area contributed by atoms with Crippen molar-refractivity contribution in [1.29, 1.82) is 0 Å². The van der Waals surface area contributed by atoms with E-state index in [1.165, 1.54) is 0 Å². The van der Waals surface area contributed by atoms with Crippen molar-refractivity contribution in [1.82, 2.24) is 15.3 Å². The van der Waals surface area contributed by atoms with Gasteiger partial charge in [0.05, 0.1) is 11.0 Å². The number of benzene rings is 1. The maximum absolute atomic E-state index is 12.4.